The van der Waals surface area contributed by atoms with Gasteiger partial charge in [0.15, 0.2) is 0 Å². The molecule has 0 aromatic heterocycles. The molecule has 1 aliphatic carbocycles. The van der Waals surface area contributed by atoms with Crippen molar-refractivity contribution in [3.63, 3.8) is 0 Å². The normalized spacial score (nSPS) is 22.5. The molecule has 1 aromatic carbocycles. The lowest BCUT2D eigenvalue weighted by atomic mass is 10.1. The van der Waals surface area contributed by atoms with Crippen LogP contribution >= 0.6 is 0 Å². The molecule has 2 atom stereocenters. The van der Waals surface area contributed by atoms with Gasteiger partial charge in [-0.05, 0) is 29.7 Å². The monoisotopic (exact) mass is 236 g/mol. The average molecular weight is 236 g/mol. The average Bonchev–Trinajstić information content (AvgIpc) is 2.66. The standard InChI is InChI=1S/C14H20O3/c1-3-4-7-17-13-8-10-5-6-11(16-2)9-12(10)14(13)15/h5-6,9,13-15H,3-4,7-8H2,1-2H3. The largest absolute Gasteiger partial charge is 0.497 e. The Morgan fingerprint density at radius 1 is 1.41 bits per heavy atom. The quantitative estimate of drug-likeness (QED) is 0.798. The van der Waals surface area contributed by atoms with Crippen molar-refractivity contribution in [1.29, 1.82) is 0 Å². The van der Waals surface area contributed by atoms with Crippen molar-refractivity contribution < 1.29 is 14.6 Å². The maximum absolute atomic E-state index is 10.2. The maximum Gasteiger partial charge on any atom is 0.119 e. The number of benzene rings is 1. The predicted molar refractivity (Wildman–Crippen MR) is 66.3 cm³/mol. The second-order valence-electron chi connectivity index (χ2n) is 4.48. The van der Waals surface area contributed by atoms with Crippen molar-refractivity contribution in [3.8, 4) is 5.75 Å². The molecule has 0 saturated carbocycles. The molecule has 3 nitrogen and oxygen atoms in total. The minimum absolute atomic E-state index is 0.0938. The van der Waals surface area contributed by atoms with E-state index in [-0.39, 0.29) is 6.10 Å². The molecule has 0 spiro atoms. The Hall–Kier alpha value is -1.06. The van der Waals surface area contributed by atoms with E-state index in [0.717, 1.165) is 37.2 Å². The van der Waals surface area contributed by atoms with Gasteiger partial charge >= 0.3 is 0 Å². The van der Waals surface area contributed by atoms with E-state index < -0.39 is 6.10 Å². The first-order chi connectivity index (χ1) is 8.26. The van der Waals surface area contributed by atoms with Crippen LogP contribution in [0.4, 0.5) is 0 Å². The topological polar surface area (TPSA) is 38.7 Å². The third kappa shape index (κ3) is 2.61. The minimum atomic E-state index is -0.517. The summed E-state index contributed by atoms with van der Waals surface area (Å²) >= 11 is 0. The van der Waals surface area contributed by atoms with Gasteiger partial charge in [-0.1, -0.05) is 19.4 Å². The zero-order valence-electron chi connectivity index (χ0n) is 10.5. The van der Waals surface area contributed by atoms with Gasteiger partial charge < -0.3 is 14.6 Å². The Morgan fingerprint density at radius 2 is 2.24 bits per heavy atom. The summed E-state index contributed by atoms with van der Waals surface area (Å²) in [6.45, 7) is 2.86. The summed E-state index contributed by atoms with van der Waals surface area (Å²) in [5.74, 6) is 0.789. The van der Waals surface area contributed by atoms with Crippen LogP contribution in [0, 0.1) is 0 Å². The molecule has 0 fully saturated rings. The van der Waals surface area contributed by atoms with Crippen LogP contribution in [0.15, 0.2) is 18.2 Å². The molecule has 0 amide bonds. The van der Waals surface area contributed by atoms with Crippen LogP contribution in [0.5, 0.6) is 5.75 Å². The number of fused-ring (bicyclic) bond motifs is 1. The lowest BCUT2D eigenvalue weighted by molar-refractivity contribution is -0.0285. The van der Waals surface area contributed by atoms with Crippen molar-refractivity contribution in [3.05, 3.63) is 29.3 Å². The SMILES string of the molecule is CCCCOC1Cc2ccc(OC)cc2C1O. The second kappa shape index (κ2) is 5.52. The molecule has 0 saturated heterocycles. The van der Waals surface area contributed by atoms with Crippen molar-refractivity contribution in [2.45, 2.75) is 38.4 Å². The molecule has 0 aliphatic heterocycles. The van der Waals surface area contributed by atoms with Crippen LogP contribution < -0.4 is 4.74 Å². The fraction of sp³-hybridized carbons (Fsp3) is 0.571. The molecule has 0 bridgehead atoms. The summed E-state index contributed by atoms with van der Waals surface area (Å²) in [4.78, 5) is 0. The van der Waals surface area contributed by atoms with E-state index in [9.17, 15) is 5.11 Å². The van der Waals surface area contributed by atoms with Gasteiger partial charge in [0.25, 0.3) is 0 Å². The summed E-state index contributed by atoms with van der Waals surface area (Å²) in [7, 11) is 1.64. The summed E-state index contributed by atoms with van der Waals surface area (Å²) < 4.78 is 10.9. The Morgan fingerprint density at radius 3 is 2.94 bits per heavy atom. The summed E-state index contributed by atoms with van der Waals surface area (Å²) in [6.07, 6.45) is 2.34. The molecular weight excluding hydrogens is 216 g/mol. The minimum Gasteiger partial charge on any atom is -0.497 e. The van der Waals surface area contributed by atoms with Crippen molar-refractivity contribution in [2.24, 2.45) is 0 Å². The van der Waals surface area contributed by atoms with Crippen LogP contribution in [0.1, 0.15) is 37.0 Å². The number of hydrogen-bond acceptors (Lipinski definition) is 3. The van der Waals surface area contributed by atoms with Crippen LogP contribution in [-0.4, -0.2) is 24.9 Å². The smallest absolute Gasteiger partial charge is 0.119 e. The number of ether oxygens (including phenoxy) is 2. The van der Waals surface area contributed by atoms with Crippen molar-refractivity contribution >= 4 is 0 Å². The molecule has 3 heteroatoms. The molecule has 94 valence electrons. The molecule has 1 aliphatic rings. The van der Waals surface area contributed by atoms with E-state index in [0.29, 0.717) is 0 Å². The highest BCUT2D eigenvalue weighted by Gasteiger charge is 2.31. The van der Waals surface area contributed by atoms with Gasteiger partial charge in [-0.2, -0.15) is 0 Å². The first-order valence-corrected chi connectivity index (χ1v) is 6.22. The second-order valence-corrected chi connectivity index (χ2v) is 4.48. The highest BCUT2D eigenvalue weighted by Crippen LogP contribution is 2.35. The van der Waals surface area contributed by atoms with Crippen LogP contribution in [0.25, 0.3) is 0 Å². The van der Waals surface area contributed by atoms with E-state index in [1.807, 2.05) is 18.2 Å². The molecule has 2 unspecified atom stereocenters. The molecular formula is C14H20O3. The van der Waals surface area contributed by atoms with Gasteiger partial charge in [0, 0.05) is 13.0 Å². The highest BCUT2D eigenvalue weighted by molar-refractivity contribution is 5.41. The zero-order chi connectivity index (χ0) is 12.3. The van der Waals surface area contributed by atoms with Gasteiger partial charge in [0.1, 0.15) is 11.9 Å². The van der Waals surface area contributed by atoms with Gasteiger partial charge in [-0.15, -0.1) is 0 Å². The Balaban J connectivity index is 2.04. The molecule has 1 aromatic rings. The van der Waals surface area contributed by atoms with Crippen molar-refractivity contribution in [2.75, 3.05) is 13.7 Å². The van der Waals surface area contributed by atoms with E-state index in [4.69, 9.17) is 9.47 Å². The number of aliphatic hydroxyl groups excluding tert-OH is 1. The summed E-state index contributed by atoms with van der Waals surface area (Å²) in [6, 6.07) is 5.85. The zero-order valence-corrected chi connectivity index (χ0v) is 10.5. The molecule has 2 rings (SSSR count). The first kappa shape index (κ1) is 12.4. The maximum atomic E-state index is 10.2. The Labute approximate surface area is 102 Å². The number of methoxy groups -OCH3 is 1. The summed E-state index contributed by atoms with van der Waals surface area (Å²) in [5, 5.41) is 10.2. The molecule has 0 radical (unpaired) electrons. The third-order valence-electron chi connectivity index (χ3n) is 3.27. The molecule has 17 heavy (non-hydrogen) atoms. The highest BCUT2D eigenvalue weighted by atomic mass is 16.5. The van der Waals surface area contributed by atoms with E-state index in [2.05, 4.69) is 6.92 Å². The summed E-state index contributed by atoms with van der Waals surface area (Å²) in [5.41, 5.74) is 2.12. The Kier molecular flexibility index (Phi) is 4.02. The van der Waals surface area contributed by atoms with Crippen LogP contribution in [0.2, 0.25) is 0 Å². The van der Waals surface area contributed by atoms with Crippen LogP contribution in [0.3, 0.4) is 0 Å². The Bertz CT molecular complexity index is 376. The van der Waals surface area contributed by atoms with Crippen molar-refractivity contribution in [1.82, 2.24) is 0 Å². The van der Waals surface area contributed by atoms with Gasteiger partial charge in [-0.3, -0.25) is 0 Å². The first-order valence-electron chi connectivity index (χ1n) is 6.22. The third-order valence-corrected chi connectivity index (χ3v) is 3.27. The van der Waals surface area contributed by atoms with E-state index >= 15 is 0 Å². The lowest BCUT2D eigenvalue weighted by Gasteiger charge is -2.15. The van der Waals surface area contributed by atoms with Gasteiger partial charge in [-0.25, -0.2) is 0 Å². The van der Waals surface area contributed by atoms with Gasteiger partial charge in [0.2, 0.25) is 0 Å². The lowest BCUT2D eigenvalue weighted by Crippen LogP contribution is -2.18. The van der Waals surface area contributed by atoms with E-state index in [1.165, 1.54) is 5.56 Å². The molecule has 0 heterocycles. The fourth-order valence-electron chi connectivity index (χ4n) is 2.22. The number of aliphatic hydroxyl groups is 1. The van der Waals surface area contributed by atoms with Gasteiger partial charge in [0.05, 0.1) is 13.2 Å². The number of hydrogen-bond donors (Lipinski definition) is 1. The predicted octanol–water partition coefficient (Wildman–Crippen LogP) is 2.47. The number of rotatable bonds is 5. The van der Waals surface area contributed by atoms with Crippen LogP contribution in [-0.2, 0) is 11.2 Å². The fourth-order valence-corrected chi connectivity index (χ4v) is 2.22. The van der Waals surface area contributed by atoms with E-state index in [1.54, 1.807) is 7.11 Å². The molecule has 1 N–H and O–H groups in total. The number of unbranched alkanes of at least 4 members (excludes halogenated alkanes) is 1.